The quantitative estimate of drug-likeness (QED) is 0.513. The maximum absolute atomic E-state index is 11.4. The van der Waals surface area contributed by atoms with Crippen molar-refractivity contribution in [3.05, 3.63) is 84.2 Å². The Morgan fingerprint density at radius 1 is 0.808 bits per heavy atom. The van der Waals surface area contributed by atoms with Crippen molar-refractivity contribution in [2.45, 2.75) is 12.8 Å². The Morgan fingerprint density at radius 3 is 1.81 bits per heavy atom. The number of hydrogen-bond donors (Lipinski definition) is 0. The zero-order chi connectivity index (χ0) is 17.9. The molecular weight excluding hydrogens is 324 g/mol. The lowest BCUT2D eigenvalue weighted by Gasteiger charge is -2.17. The molecule has 0 saturated carbocycles. The number of fused-ring (bicyclic) bond motifs is 2. The standard InChI is InChI=1S/C22H18N2O2/c1-15(25)26-14-18(21-12-10-16-6-2-4-8-19(16)23-21)22-13-11-17-7-3-5-9-20(17)24-22/h2-13,18H,14H2,1H3. The number of aromatic nitrogens is 2. The van der Waals surface area contributed by atoms with Gasteiger partial charge in [-0.15, -0.1) is 0 Å². The summed E-state index contributed by atoms with van der Waals surface area (Å²) < 4.78 is 5.32. The average Bonchev–Trinajstić information content (AvgIpc) is 2.67. The van der Waals surface area contributed by atoms with Gasteiger partial charge in [0, 0.05) is 17.7 Å². The van der Waals surface area contributed by atoms with Crippen LogP contribution in [0, 0.1) is 0 Å². The second-order valence-corrected chi connectivity index (χ2v) is 6.21. The topological polar surface area (TPSA) is 52.1 Å². The Hall–Kier alpha value is -3.27. The van der Waals surface area contributed by atoms with E-state index in [9.17, 15) is 4.79 Å². The predicted octanol–water partition coefficient (Wildman–Crippen LogP) is 4.48. The maximum Gasteiger partial charge on any atom is 0.302 e. The van der Waals surface area contributed by atoms with E-state index in [-0.39, 0.29) is 18.5 Å². The van der Waals surface area contributed by atoms with E-state index in [1.807, 2.05) is 72.8 Å². The number of carbonyl (C=O) groups excluding carboxylic acids is 1. The molecule has 2 aromatic heterocycles. The van der Waals surface area contributed by atoms with Gasteiger partial charge in [-0.05, 0) is 24.3 Å². The molecule has 0 spiro atoms. The number of ether oxygens (including phenoxy) is 1. The molecule has 0 fully saturated rings. The van der Waals surface area contributed by atoms with Crippen LogP contribution in [0.5, 0.6) is 0 Å². The first-order valence-corrected chi connectivity index (χ1v) is 8.55. The number of rotatable bonds is 4. The van der Waals surface area contributed by atoms with Crippen LogP contribution in [0.1, 0.15) is 24.2 Å². The third-order valence-corrected chi connectivity index (χ3v) is 4.41. The van der Waals surface area contributed by atoms with E-state index < -0.39 is 0 Å². The van der Waals surface area contributed by atoms with Crippen molar-refractivity contribution >= 4 is 27.8 Å². The van der Waals surface area contributed by atoms with E-state index in [2.05, 4.69) is 0 Å². The molecule has 128 valence electrons. The van der Waals surface area contributed by atoms with Crippen LogP contribution in [0.4, 0.5) is 0 Å². The second kappa shape index (κ2) is 6.92. The largest absolute Gasteiger partial charge is 0.465 e. The number of pyridine rings is 2. The Bertz CT molecular complexity index is 1010. The summed E-state index contributed by atoms with van der Waals surface area (Å²) in [7, 11) is 0. The predicted molar refractivity (Wildman–Crippen MR) is 102 cm³/mol. The third kappa shape index (κ3) is 3.26. The summed E-state index contributed by atoms with van der Waals surface area (Å²) in [5.74, 6) is -0.523. The number of nitrogens with zero attached hydrogens (tertiary/aromatic N) is 2. The highest BCUT2D eigenvalue weighted by Gasteiger charge is 2.19. The van der Waals surface area contributed by atoms with Gasteiger partial charge in [-0.2, -0.15) is 0 Å². The van der Waals surface area contributed by atoms with Crippen LogP contribution in [-0.4, -0.2) is 22.5 Å². The van der Waals surface area contributed by atoms with Gasteiger partial charge in [0.25, 0.3) is 0 Å². The molecule has 2 heterocycles. The molecule has 2 aromatic carbocycles. The molecule has 0 aliphatic carbocycles. The molecule has 4 heteroatoms. The van der Waals surface area contributed by atoms with Gasteiger partial charge in [-0.3, -0.25) is 14.8 Å². The zero-order valence-electron chi connectivity index (χ0n) is 14.4. The summed E-state index contributed by atoms with van der Waals surface area (Å²) in [5.41, 5.74) is 3.51. The number of para-hydroxylation sites is 2. The first-order valence-electron chi connectivity index (χ1n) is 8.55. The summed E-state index contributed by atoms with van der Waals surface area (Å²) >= 11 is 0. The van der Waals surface area contributed by atoms with Crippen LogP contribution in [0.25, 0.3) is 21.8 Å². The molecule has 0 unspecified atom stereocenters. The minimum atomic E-state index is -0.309. The first-order chi connectivity index (χ1) is 12.7. The molecular formula is C22H18N2O2. The SMILES string of the molecule is CC(=O)OCC(c1ccc2ccccc2n1)c1ccc2ccccc2n1. The van der Waals surface area contributed by atoms with Gasteiger partial charge in [0.05, 0.1) is 28.3 Å². The van der Waals surface area contributed by atoms with E-state index >= 15 is 0 Å². The summed E-state index contributed by atoms with van der Waals surface area (Å²) in [6, 6.07) is 24.0. The van der Waals surface area contributed by atoms with Crippen molar-refractivity contribution in [3.63, 3.8) is 0 Å². The lowest BCUT2D eigenvalue weighted by molar-refractivity contribution is -0.141. The van der Waals surface area contributed by atoms with Gasteiger partial charge in [-0.25, -0.2) is 0 Å². The van der Waals surface area contributed by atoms with Gasteiger partial charge in [-0.1, -0.05) is 48.5 Å². The van der Waals surface area contributed by atoms with Crippen LogP contribution in [0.2, 0.25) is 0 Å². The minimum absolute atomic E-state index is 0.214. The molecule has 0 bridgehead atoms. The van der Waals surface area contributed by atoms with Crippen molar-refractivity contribution in [2.24, 2.45) is 0 Å². The van der Waals surface area contributed by atoms with Crippen LogP contribution in [-0.2, 0) is 9.53 Å². The van der Waals surface area contributed by atoms with Gasteiger partial charge >= 0.3 is 5.97 Å². The molecule has 0 aliphatic heterocycles. The van der Waals surface area contributed by atoms with Crippen molar-refractivity contribution in [1.82, 2.24) is 9.97 Å². The number of benzene rings is 2. The average molecular weight is 342 g/mol. The monoisotopic (exact) mass is 342 g/mol. The summed E-state index contributed by atoms with van der Waals surface area (Å²) in [5, 5.41) is 2.16. The fraction of sp³-hybridized carbons (Fsp3) is 0.136. The third-order valence-electron chi connectivity index (χ3n) is 4.41. The molecule has 0 N–H and O–H groups in total. The number of carbonyl (C=O) groups is 1. The Morgan fingerprint density at radius 2 is 1.31 bits per heavy atom. The summed E-state index contributed by atoms with van der Waals surface area (Å²) in [6.45, 7) is 1.63. The molecule has 0 amide bonds. The van der Waals surface area contributed by atoms with Crippen LogP contribution in [0.15, 0.2) is 72.8 Å². The molecule has 4 aromatic rings. The second-order valence-electron chi connectivity index (χ2n) is 6.21. The van der Waals surface area contributed by atoms with Gasteiger partial charge < -0.3 is 4.74 Å². The van der Waals surface area contributed by atoms with Crippen molar-refractivity contribution in [3.8, 4) is 0 Å². The molecule has 26 heavy (non-hydrogen) atoms. The summed E-state index contributed by atoms with van der Waals surface area (Å²) in [6.07, 6.45) is 0. The van der Waals surface area contributed by atoms with E-state index in [0.29, 0.717) is 0 Å². The normalized spacial score (nSPS) is 11.2. The van der Waals surface area contributed by atoms with Gasteiger partial charge in [0.2, 0.25) is 0 Å². The Labute approximate surface area is 151 Å². The molecule has 0 aliphatic rings. The molecule has 4 rings (SSSR count). The zero-order valence-corrected chi connectivity index (χ0v) is 14.4. The van der Waals surface area contributed by atoms with E-state index in [0.717, 1.165) is 33.2 Å². The highest BCUT2D eigenvalue weighted by molar-refractivity contribution is 5.79. The highest BCUT2D eigenvalue weighted by atomic mass is 16.5. The minimum Gasteiger partial charge on any atom is -0.465 e. The Kier molecular flexibility index (Phi) is 4.32. The van der Waals surface area contributed by atoms with Crippen LogP contribution >= 0.6 is 0 Å². The molecule has 0 saturated heterocycles. The Balaban J connectivity index is 1.80. The maximum atomic E-state index is 11.4. The highest BCUT2D eigenvalue weighted by Crippen LogP contribution is 2.26. The van der Waals surface area contributed by atoms with E-state index in [1.54, 1.807) is 0 Å². The van der Waals surface area contributed by atoms with Crippen LogP contribution < -0.4 is 0 Å². The lowest BCUT2D eigenvalue weighted by Crippen LogP contribution is -2.15. The fourth-order valence-corrected chi connectivity index (χ4v) is 3.07. The van der Waals surface area contributed by atoms with Crippen LogP contribution in [0.3, 0.4) is 0 Å². The fourth-order valence-electron chi connectivity index (χ4n) is 3.07. The number of hydrogen-bond acceptors (Lipinski definition) is 4. The van der Waals surface area contributed by atoms with Gasteiger partial charge in [0.15, 0.2) is 0 Å². The molecule has 4 nitrogen and oxygen atoms in total. The molecule has 0 atom stereocenters. The van der Waals surface area contributed by atoms with Crippen molar-refractivity contribution < 1.29 is 9.53 Å². The lowest BCUT2D eigenvalue weighted by atomic mass is 9.99. The van der Waals surface area contributed by atoms with E-state index in [4.69, 9.17) is 14.7 Å². The smallest absolute Gasteiger partial charge is 0.302 e. The van der Waals surface area contributed by atoms with Gasteiger partial charge in [0.1, 0.15) is 6.61 Å². The summed E-state index contributed by atoms with van der Waals surface area (Å²) in [4.78, 5) is 20.9. The van der Waals surface area contributed by atoms with Crippen molar-refractivity contribution in [2.75, 3.05) is 6.61 Å². The first kappa shape index (κ1) is 16.2. The van der Waals surface area contributed by atoms with Crippen molar-refractivity contribution in [1.29, 1.82) is 0 Å². The van der Waals surface area contributed by atoms with E-state index in [1.165, 1.54) is 6.92 Å². The molecule has 0 radical (unpaired) electrons. The number of esters is 1.